The van der Waals surface area contributed by atoms with Crippen LogP contribution in [0.2, 0.25) is 0 Å². The Labute approximate surface area is 107 Å². The van der Waals surface area contributed by atoms with Gasteiger partial charge in [-0.25, -0.2) is 4.79 Å². The molecule has 6 heteroatoms. The summed E-state index contributed by atoms with van der Waals surface area (Å²) in [4.78, 5) is 27.2. The maximum atomic E-state index is 11.8. The van der Waals surface area contributed by atoms with Gasteiger partial charge in [-0.15, -0.1) is 0 Å². The summed E-state index contributed by atoms with van der Waals surface area (Å²) in [6, 6.07) is 0. The number of hydrogen-bond acceptors (Lipinski definition) is 4. The van der Waals surface area contributed by atoms with E-state index in [2.05, 4.69) is 22.2 Å². The predicted octanol–water partition coefficient (Wildman–Crippen LogP) is -0.643. The van der Waals surface area contributed by atoms with Gasteiger partial charge in [0.25, 0.3) is 0 Å². The van der Waals surface area contributed by atoms with Gasteiger partial charge in [0, 0.05) is 13.1 Å². The molecule has 1 saturated heterocycles. The fourth-order valence-corrected chi connectivity index (χ4v) is 2.28. The minimum Gasteiger partial charge on any atom is -0.480 e. The minimum atomic E-state index is -0.959. The maximum Gasteiger partial charge on any atom is 0.329 e. The van der Waals surface area contributed by atoms with Gasteiger partial charge in [0.2, 0.25) is 5.91 Å². The van der Waals surface area contributed by atoms with Crippen molar-refractivity contribution in [1.82, 2.24) is 15.1 Å². The van der Waals surface area contributed by atoms with E-state index >= 15 is 0 Å². The third-order valence-corrected chi connectivity index (χ3v) is 3.72. The highest BCUT2D eigenvalue weighted by Gasteiger charge is 2.51. The molecule has 102 valence electrons. The Morgan fingerprint density at radius 2 is 1.94 bits per heavy atom. The minimum absolute atomic E-state index is 0.167. The molecule has 1 aliphatic heterocycles. The standard InChI is InChI=1S/C12H21N3O3/c1-14-5-2-6-15(8-7-14)9-10(16)13-12(3-4-12)11(17)18/h2-9H2,1H3,(H,13,16)(H,17,18). The molecule has 0 spiro atoms. The van der Waals surface area contributed by atoms with Gasteiger partial charge in [0.05, 0.1) is 6.54 Å². The van der Waals surface area contributed by atoms with Crippen molar-refractivity contribution >= 4 is 11.9 Å². The SMILES string of the molecule is CN1CCCN(CC(=O)NC2(C(=O)O)CC2)CC1. The van der Waals surface area contributed by atoms with E-state index in [1.165, 1.54) is 0 Å². The van der Waals surface area contributed by atoms with Crippen molar-refractivity contribution in [3.63, 3.8) is 0 Å². The highest BCUT2D eigenvalue weighted by atomic mass is 16.4. The summed E-state index contributed by atoms with van der Waals surface area (Å²) in [6.45, 7) is 4.08. The van der Waals surface area contributed by atoms with Crippen LogP contribution in [-0.4, -0.2) is 72.1 Å². The van der Waals surface area contributed by atoms with Crippen molar-refractivity contribution in [1.29, 1.82) is 0 Å². The molecule has 6 nitrogen and oxygen atoms in total. The number of nitrogens with one attached hydrogen (secondary N) is 1. The van der Waals surface area contributed by atoms with Crippen LogP contribution < -0.4 is 5.32 Å². The zero-order valence-corrected chi connectivity index (χ0v) is 10.8. The molecule has 1 saturated carbocycles. The molecule has 1 heterocycles. The first-order valence-corrected chi connectivity index (χ1v) is 6.47. The van der Waals surface area contributed by atoms with Gasteiger partial charge in [-0.2, -0.15) is 0 Å². The number of amides is 1. The topological polar surface area (TPSA) is 72.9 Å². The molecule has 0 atom stereocenters. The number of carbonyl (C=O) groups excluding carboxylic acids is 1. The molecule has 1 amide bonds. The first kappa shape index (κ1) is 13.3. The van der Waals surface area contributed by atoms with Gasteiger partial charge < -0.3 is 15.3 Å². The first-order valence-electron chi connectivity index (χ1n) is 6.47. The molecule has 0 radical (unpaired) electrons. The Kier molecular flexibility index (Phi) is 3.87. The smallest absolute Gasteiger partial charge is 0.329 e. The largest absolute Gasteiger partial charge is 0.480 e. The van der Waals surface area contributed by atoms with Crippen LogP contribution in [0, 0.1) is 0 Å². The van der Waals surface area contributed by atoms with Crippen LogP contribution in [0.1, 0.15) is 19.3 Å². The van der Waals surface area contributed by atoms with Crippen molar-refractivity contribution in [2.45, 2.75) is 24.8 Å². The molecule has 0 aromatic carbocycles. The summed E-state index contributed by atoms with van der Waals surface area (Å²) in [5, 5.41) is 11.7. The Balaban J connectivity index is 1.79. The van der Waals surface area contributed by atoms with Crippen LogP contribution >= 0.6 is 0 Å². The molecule has 2 N–H and O–H groups in total. The van der Waals surface area contributed by atoms with E-state index < -0.39 is 11.5 Å². The second-order valence-corrected chi connectivity index (χ2v) is 5.37. The predicted molar refractivity (Wildman–Crippen MR) is 66.3 cm³/mol. The Hall–Kier alpha value is -1.14. The lowest BCUT2D eigenvalue weighted by atomic mass is 10.2. The molecule has 1 aliphatic carbocycles. The number of aliphatic carboxylic acids is 1. The number of hydrogen-bond donors (Lipinski definition) is 2. The van der Waals surface area contributed by atoms with Gasteiger partial charge in [-0.3, -0.25) is 9.69 Å². The fraction of sp³-hybridized carbons (Fsp3) is 0.833. The van der Waals surface area contributed by atoms with E-state index in [0.717, 1.165) is 32.6 Å². The van der Waals surface area contributed by atoms with E-state index in [1.54, 1.807) is 0 Å². The monoisotopic (exact) mass is 255 g/mol. The molecule has 0 aromatic heterocycles. The molecule has 2 aliphatic rings. The molecule has 18 heavy (non-hydrogen) atoms. The Morgan fingerprint density at radius 1 is 1.22 bits per heavy atom. The van der Waals surface area contributed by atoms with Crippen molar-refractivity contribution < 1.29 is 14.7 Å². The number of carboxylic acids is 1. The van der Waals surface area contributed by atoms with E-state index in [0.29, 0.717) is 19.4 Å². The Morgan fingerprint density at radius 3 is 2.56 bits per heavy atom. The maximum absolute atomic E-state index is 11.8. The molecule has 0 bridgehead atoms. The lowest BCUT2D eigenvalue weighted by Crippen LogP contribution is -2.47. The molecular formula is C12H21N3O3. The molecule has 0 unspecified atom stereocenters. The van der Waals surface area contributed by atoms with E-state index in [9.17, 15) is 9.59 Å². The van der Waals surface area contributed by atoms with E-state index in [1.807, 2.05) is 0 Å². The first-order chi connectivity index (χ1) is 8.52. The molecular weight excluding hydrogens is 234 g/mol. The third kappa shape index (κ3) is 3.20. The number of carboxylic acid groups (broad SMARTS) is 1. The number of nitrogens with zero attached hydrogens (tertiary/aromatic N) is 2. The quantitative estimate of drug-likeness (QED) is 0.699. The van der Waals surface area contributed by atoms with Crippen molar-refractivity contribution in [3.8, 4) is 0 Å². The summed E-state index contributed by atoms with van der Waals surface area (Å²) < 4.78 is 0. The number of carbonyl (C=O) groups is 2. The van der Waals surface area contributed by atoms with E-state index in [4.69, 9.17) is 5.11 Å². The summed E-state index contributed by atoms with van der Waals surface area (Å²) in [7, 11) is 2.08. The number of rotatable bonds is 4. The van der Waals surface area contributed by atoms with Crippen molar-refractivity contribution in [2.24, 2.45) is 0 Å². The van der Waals surface area contributed by atoms with Crippen LogP contribution in [-0.2, 0) is 9.59 Å². The normalized spacial score (nSPS) is 24.3. The van der Waals surface area contributed by atoms with Gasteiger partial charge >= 0.3 is 5.97 Å². The molecule has 2 rings (SSSR count). The number of likely N-dealkylation sites (N-methyl/N-ethyl adjacent to an activating group) is 1. The summed E-state index contributed by atoms with van der Waals surface area (Å²) in [5.41, 5.74) is -0.959. The van der Waals surface area contributed by atoms with Crippen LogP contribution in [0.15, 0.2) is 0 Å². The van der Waals surface area contributed by atoms with Gasteiger partial charge in [-0.1, -0.05) is 0 Å². The van der Waals surface area contributed by atoms with Crippen LogP contribution in [0.4, 0.5) is 0 Å². The summed E-state index contributed by atoms with van der Waals surface area (Å²) >= 11 is 0. The average Bonchev–Trinajstić information content (AvgIpc) is 3.07. The van der Waals surface area contributed by atoms with Crippen molar-refractivity contribution in [2.75, 3.05) is 39.8 Å². The Bertz CT molecular complexity index is 341. The highest BCUT2D eigenvalue weighted by molar-refractivity contribution is 5.90. The lowest BCUT2D eigenvalue weighted by Gasteiger charge is -2.21. The van der Waals surface area contributed by atoms with Gasteiger partial charge in [-0.05, 0) is 39.4 Å². The van der Waals surface area contributed by atoms with Crippen molar-refractivity contribution in [3.05, 3.63) is 0 Å². The van der Waals surface area contributed by atoms with Gasteiger partial charge in [0.1, 0.15) is 5.54 Å². The van der Waals surface area contributed by atoms with Gasteiger partial charge in [0.15, 0.2) is 0 Å². The van der Waals surface area contributed by atoms with E-state index in [-0.39, 0.29) is 5.91 Å². The molecule has 0 aromatic rings. The second-order valence-electron chi connectivity index (χ2n) is 5.37. The lowest BCUT2D eigenvalue weighted by molar-refractivity contribution is -0.143. The fourth-order valence-electron chi connectivity index (χ4n) is 2.28. The van der Waals surface area contributed by atoms with Crippen LogP contribution in [0.5, 0.6) is 0 Å². The zero-order valence-electron chi connectivity index (χ0n) is 10.8. The zero-order chi connectivity index (χ0) is 13.2. The highest BCUT2D eigenvalue weighted by Crippen LogP contribution is 2.35. The average molecular weight is 255 g/mol. The summed E-state index contributed by atoms with van der Waals surface area (Å²) in [5.74, 6) is -1.08. The third-order valence-electron chi connectivity index (χ3n) is 3.72. The van der Waals surface area contributed by atoms with Crippen LogP contribution in [0.3, 0.4) is 0 Å². The van der Waals surface area contributed by atoms with Crippen LogP contribution in [0.25, 0.3) is 0 Å². The summed E-state index contributed by atoms with van der Waals surface area (Å²) in [6.07, 6.45) is 2.15. The molecule has 2 fully saturated rings. The second kappa shape index (κ2) is 5.24.